The Hall–Kier alpha value is -3.28. The highest BCUT2D eigenvalue weighted by molar-refractivity contribution is 6.47. The highest BCUT2D eigenvalue weighted by atomic mass is 19.1. The molecule has 4 nitrogen and oxygen atoms in total. The zero-order valence-electron chi connectivity index (χ0n) is 12.2. The minimum absolute atomic E-state index is 0.157. The van der Waals surface area contributed by atoms with Crippen LogP contribution in [0.3, 0.4) is 0 Å². The van der Waals surface area contributed by atoms with E-state index in [0.29, 0.717) is 12.2 Å². The fourth-order valence-electron chi connectivity index (χ4n) is 1.80. The van der Waals surface area contributed by atoms with Crippen molar-refractivity contribution >= 4 is 23.1 Å². The van der Waals surface area contributed by atoms with Gasteiger partial charge in [0.1, 0.15) is 23.2 Å². The molecule has 0 aromatic heterocycles. The van der Waals surface area contributed by atoms with Crippen molar-refractivity contribution < 1.29 is 28.6 Å². The summed E-state index contributed by atoms with van der Waals surface area (Å²) in [7, 11) is 0. The normalized spacial score (nSPS) is 12.1. The number of carbonyl (C=O) groups excluding carboxylic acids is 2. The lowest BCUT2D eigenvalue weighted by molar-refractivity contribution is -0.130. The lowest BCUT2D eigenvalue weighted by Gasteiger charge is -2.00. The van der Waals surface area contributed by atoms with Crippen molar-refractivity contribution in [1.82, 2.24) is 0 Å². The van der Waals surface area contributed by atoms with Gasteiger partial charge in [-0.15, -0.1) is 0 Å². The first-order chi connectivity index (χ1) is 11.4. The van der Waals surface area contributed by atoms with Gasteiger partial charge in [0, 0.05) is 23.3 Å². The number of aliphatic hydroxyl groups excluding tert-OH is 2. The first-order valence-corrected chi connectivity index (χ1v) is 6.78. The van der Waals surface area contributed by atoms with E-state index in [0.717, 1.165) is 24.3 Å². The van der Waals surface area contributed by atoms with Crippen molar-refractivity contribution in [1.29, 1.82) is 0 Å². The minimum Gasteiger partial charge on any atom is -0.507 e. The van der Waals surface area contributed by atoms with E-state index in [9.17, 15) is 28.6 Å². The van der Waals surface area contributed by atoms with Crippen LogP contribution < -0.4 is 0 Å². The molecule has 0 fully saturated rings. The number of ketones is 2. The van der Waals surface area contributed by atoms with Gasteiger partial charge in [0.2, 0.25) is 11.6 Å². The zero-order chi connectivity index (χ0) is 17.7. The summed E-state index contributed by atoms with van der Waals surface area (Å²) in [6.07, 6.45) is 1.34. The second-order valence-electron chi connectivity index (χ2n) is 4.80. The zero-order valence-corrected chi connectivity index (χ0v) is 12.2. The molecule has 0 saturated carbocycles. The summed E-state index contributed by atoms with van der Waals surface area (Å²) in [5.74, 6) is -4.20. The van der Waals surface area contributed by atoms with Gasteiger partial charge in [0.15, 0.2) is 0 Å². The maximum absolute atomic E-state index is 12.8. The number of halogens is 2. The Morgan fingerprint density at radius 2 is 0.958 bits per heavy atom. The van der Waals surface area contributed by atoms with Crippen molar-refractivity contribution in [3.8, 4) is 0 Å². The summed E-state index contributed by atoms with van der Waals surface area (Å²) in [6.45, 7) is 0. The average Bonchev–Trinajstić information content (AvgIpc) is 2.55. The van der Waals surface area contributed by atoms with Crippen molar-refractivity contribution in [3.63, 3.8) is 0 Å². The molecule has 0 aliphatic rings. The second kappa shape index (κ2) is 7.32. The third-order valence-electron chi connectivity index (χ3n) is 3.06. The Morgan fingerprint density at radius 3 is 1.25 bits per heavy atom. The summed E-state index contributed by atoms with van der Waals surface area (Å²) in [5.41, 5.74) is 0.313. The van der Waals surface area contributed by atoms with Crippen LogP contribution in [0.25, 0.3) is 11.5 Å². The van der Waals surface area contributed by atoms with Gasteiger partial charge in [-0.2, -0.15) is 0 Å². The molecule has 0 amide bonds. The van der Waals surface area contributed by atoms with Crippen molar-refractivity contribution in [3.05, 3.63) is 83.4 Å². The van der Waals surface area contributed by atoms with Gasteiger partial charge in [-0.3, -0.25) is 9.59 Å². The Labute approximate surface area is 136 Å². The standard InChI is InChI=1S/C18H12F2O4/c19-13-5-1-11(2-6-13)15(21)9-17(23)18(24)10-16(22)12-3-7-14(20)8-4-12/h1-10,21-22H/b15-9-,16-10-. The molecule has 2 rings (SSSR count). The van der Waals surface area contributed by atoms with E-state index in [1.54, 1.807) is 0 Å². The Balaban J connectivity index is 2.15. The molecular formula is C18H12F2O4. The number of hydrogen-bond acceptors (Lipinski definition) is 4. The molecule has 0 unspecified atom stereocenters. The number of benzene rings is 2. The molecule has 0 bridgehead atoms. The second-order valence-corrected chi connectivity index (χ2v) is 4.80. The predicted molar refractivity (Wildman–Crippen MR) is 84.0 cm³/mol. The lowest BCUT2D eigenvalue weighted by Crippen LogP contribution is -2.09. The maximum Gasteiger partial charge on any atom is 0.229 e. The summed E-state index contributed by atoms with van der Waals surface area (Å²) >= 11 is 0. The quantitative estimate of drug-likeness (QED) is 0.499. The molecule has 0 radical (unpaired) electrons. The lowest BCUT2D eigenvalue weighted by atomic mass is 10.1. The molecular weight excluding hydrogens is 318 g/mol. The molecule has 0 aliphatic heterocycles. The number of hydrogen-bond donors (Lipinski definition) is 2. The molecule has 2 aromatic rings. The summed E-state index contributed by atoms with van der Waals surface area (Å²) in [4.78, 5) is 23.5. The largest absolute Gasteiger partial charge is 0.507 e. The van der Waals surface area contributed by atoms with E-state index in [1.807, 2.05) is 0 Å². The summed E-state index contributed by atoms with van der Waals surface area (Å²) in [6, 6.07) is 9.32. The van der Waals surface area contributed by atoms with Gasteiger partial charge in [0.25, 0.3) is 0 Å². The molecule has 2 N–H and O–H groups in total. The van der Waals surface area contributed by atoms with Crippen LogP contribution in [0.15, 0.2) is 60.7 Å². The number of allylic oxidation sites excluding steroid dienone is 2. The summed E-state index contributed by atoms with van der Waals surface area (Å²) < 4.78 is 25.6. The van der Waals surface area contributed by atoms with E-state index >= 15 is 0 Å². The summed E-state index contributed by atoms with van der Waals surface area (Å²) in [5, 5.41) is 19.5. The Bertz CT molecular complexity index is 748. The van der Waals surface area contributed by atoms with Crippen molar-refractivity contribution in [2.45, 2.75) is 0 Å². The van der Waals surface area contributed by atoms with Gasteiger partial charge in [-0.25, -0.2) is 8.78 Å². The van der Waals surface area contributed by atoms with Gasteiger partial charge in [-0.1, -0.05) is 0 Å². The molecule has 24 heavy (non-hydrogen) atoms. The fraction of sp³-hybridized carbons (Fsp3) is 0. The molecule has 122 valence electrons. The van der Waals surface area contributed by atoms with E-state index < -0.39 is 34.7 Å². The number of carbonyl (C=O) groups is 2. The monoisotopic (exact) mass is 330 g/mol. The predicted octanol–water partition coefficient (Wildman–Crippen LogP) is 3.60. The van der Waals surface area contributed by atoms with Crippen molar-refractivity contribution in [2.75, 3.05) is 0 Å². The third kappa shape index (κ3) is 4.36. The van der Waals surface area contributed by atoms with Gasteiger partial charge >= 0.3 is 0 Å². The van der Waals surface area contributed by atoms with Crippen LogP contribution in [0.5, 0.6) is 0 Å². The van der Waals surface area contributed by atoms with Crippen LogP contribution in [-0.4, -0.2) is 21.8 Å². The van der Waals surface area contributed by atoms with Crippen LogP contribution in [-0.2, 0) is 9.59 Å². The molecule has 2 aromatic carbocycles. The maximum atomic E-state index is 12.8. The topological polar surface area (TPSA) is 74.6 Å². The molecule has 6 heteroatoms. The van der Waals surface area contributed by atoms with Gasteiger partial charge < -0.3 is 10.2 Å². The Kier molecular flexibility index (Phi) is 5.21. The van der Waals surface area contributed by atoms with E-state index in [2.05, 4.69) is 0 Å². The first-order valence-electron chi connectivity index (χ1n) is 6.78. The van der Waals surface area contributed by atoms with Crippen LogP contribution in [0, 0.1) is 11.6 Å². The molecule has 0 saturated heterocycles. The van der Waals surface area contributed by atoms with E-state index in [4.69, 9.17) is 0 Å². The van der Waals surface area contributed by atoms with Crippen LogP contribution >= 0.6 is 0 Å². The highest BCUT2D eigenvalue weighted by Gasteiger charge is 2.13. The number of aliphatic hydroxyl groups is 2. The number of rotatable bonds is 5. The third-order valence-corrected chi connectivity index (χ3v) is 3.06. The fourth-order valence-corrected chi connectivity index (χ4v) is 1.80. The van der Waals surface area contributed by atoms with Crippen LogP contribution in [0.1, 0.15) is 11.1 Å². The highest BCUT2D eigenvalue weighted by Crippen LogP contribution is 2.14. The Morgan fingerprint density at radius 1 is 0.667 bits per heavy atom. The molecule has 0 spiro atoms. The minimum atomic E-state index is -1.08. The van der Waals surface area contributed by atoms with E-state index in [-0.39, 0.29) is 11.1 Å². The van der Waals surface area contributed by atoms with Crippen molar-refractivity contribution in [2.24, 2.45) is 0 Å². The molecule has 0 aliphatic carbocycles. The van der Waals surface area contributed by atoms with Gasteiger partial charge in [0.05, 0.1) is 0 Å². The first kappa shape index (κ1) is 17.1. The van der Waals surface area contributed by atoms with E-state index in [1.165, 1.54) is 24.3 Å². The van der Waals surface area contributed by atoms with Gasteiger partial charge in [-0.05, 0) is 48.5 Å². The van der Waals surface area contributed by atoms with Crippen LogP contribution in [0.4, 0.5) is 8.78 Å². The van der Waals surface area contributed by atoms with Crippen LogP contribution in [0.2, 0.25) is 0 Å². The smallest absolute Gasteiger partial charge is 0.229 e. The average molecular weight is 330 g/mol. The molecule has 0 heterocycles. The SMILES string of the molecule is O=C(/C=C(\O)c1ccc(F)cc1)C(=O)/C=C(\O)c1ccc(F)cc1. The molecule has 0 atom stereocenters.